The molecule has 0 spiro atoms. The number of amides is 1. The first-order chi connectivity index (χ1) is 6.75. The minimum atomic E-state index is -0.540. The van der Waals surface area contributed by atoms with Crippen molar-refractivity contribution in [1.29, 1.82) is 0 Å². The van der Waals surface area contributed by atoms with Gasteiger partial charge in [-0.15, -0.1) is 0 Å². The molecule has 5 heteroatoms. The third kappa shape index (κ3) is 1.82. The fourth-order valence-electron chi connectivity index (χ4n) is 1.13. The molecule has 1 aromatic heterocycles. The van der Waals surface area contributed by atoms with Gasteiger partial charge in [-0.1, -0.05) is 6.07 Å². The van der Waals surface area contributed by atoms with E-state index in [-0.39, 0.29) is 11.8 Å². The van der Waals surface area contributed by atoms with Gasteiger partial charge in [-0.25, -0.2) is 4.98 Å². The van der Waals surface area contributed by atoms with Crippen LogP contribution in [0, 0.1) is 0 Å². The molecule has 74 valence electrons. The van der Waals surface area contributed by atoms with E-state index in [0.29, 0.717) is 5.88 Å². The van der Waals surface area contributed by atoms with Crippen molar-refractivity contribution in [1.82, 2.24) is 10.3 Å². The Kier molecular flexibility index (Phi) is 2.32. The molecule has 0 unspecified atom stereocenters. The van der Waals surface area contributed by atoms with Crippen molar-refractivity contribution < 1.29 is 9.53 Å². The van der Waals surface area contributed by atoms with Crippen molar-refractivity contribution in [3.8, 4) is 5.88 Å². The number of rotatable bonds is 3. The van der Waals surface area contributed by atoms with Crippen molar-refractivity contribution in [3.63, 3.8) is 0 Å². The maximum absolute atomic E-state index is 10.8. The van der Waals surface area contributed by atoms with Gasteiger partial charge in [0.25, 0.3) is 5.91 Å². The lowest BCUT2D eigenvalue weighted by Crippen LogP contribution is -2.50. The summed E-state index contributed by atoms with van der Waals surface area (Å²) in [5.74, 6) is -0.0880. The van der Waals surface area contributed by atoms with Crippen LogP contribution in [0.5, 0.6) is 5.88 Å². The van der Waals surface area contributed by atoms with E-state index >= 15 is 0 Å². The van der Waals surface area contributed by atoms with Crippen molar-refractivity contribution in [2.24, 2.45) is 5.73 Å². The zero-order valence-corrected chi connectivity index (χ0v) is 7.56. The van der Waals surface area contributed by atoms with E-state index in [9.17, 15) is 4.79 Å². The summed E-state index contributed by atoms with van der Waals surface area (Å²) in [5, 5.41) is 3.07. The Hall–Kier alpha value is -1.62. The second-order valence-electron chi connectivity index (χ2n) is 3.12. The number of carbonyl (C=O) groups is 1. The Labute approximate surface area is 81.3 Å². The highest BCUT2D eigenvalue weighted by Crippen LogP contribution is 2.10. The number of ether oxygens (including phenoxy) is 1. The Balaban J connectivity index is 2.09. The van der Waals surface area contributed by atoms with E-state index < -0.39 is 5.91 Å². The van der Waals surface area contributed by atoms with Gasteiger partial charge in [0, 0.05) is 19.2 Å². The number of nitrogens with one attached hydrogen (secondary N) is 1. The van der Waals surface area contributed by atoms with Crippen LogP contribution in [0.3, 0.4) is 0 Å². The molecule has 3 N–H and O–H groups in total. The zero-order chi connectivity index (χ0) is 9.97. The summed E-state index contributed by atoms with van der Waals surface area (Å²) in [6, 6.07) is 4.98. The summed E-state index contributed by atoms with van der Waals surface area (Å²) < 4.78 is 5.46. The molecule has 0 bridgehead atoms. The number of nitrogens with zero attached hydrogens (tertiary/aromatic N) is 1. The monoisotopic (exact) mass is 193 g/mol. The highest BCUT2D eigenvalue weighted by atomic mass is 16.5. The molecular weight excluding hydrogens is 182 g/mol. The van der Waals surface area contributed by atoms with Crippen LogP contribution in [0.1, 0.15) is 10.5 Å². The maximum atomic E-state index is 10.8. The lowest BCUT2D eigenvalue weighted by atomic mass is 10.2. The number of nitrogens with two attached hydrogens (primary N) is 1. The van der Waals surface area contributed by atoms with Crippen molar-refractivity contribution in [2.75, 3.05) is 13.1 Å². The van der Waals surface area contributed by atoms with Gasteiger partial charge >= 0.3 is 0 Å². The van der Waals surface area contributed by atoms with Crippen molar-refractivity contribution >= 4 is 5.91 Å². The molecule has 1 aliphatic rings. The summed E-state index contributed by atoms with van der Waals surface area (Å²) in [5.41, 5.74) is 5.32. The number of carbonyl (C=O) groups excluding carboxylic acids is 1. The first kappa shape index (κ1) is 8.96. The van der Waals surface area contributed by atoms with Crippen LogP contribution in [-0.4, -0.2) is 30.1 Å². The fourth-order valence-corrected chi connectivity index (χ4v) is 1.13. The van der Waals surface area contributed by atoms with Crippen LogP contribution in [0.25, 0.3) is 0 Å². The molecule has 1 amide bonds. The van der Waals surface area contributed by atoms with E-state index in [0.717, 1.165) is 13.1 Å². The smallest absolute Gasteiger partial charge is 0.267 e. The minimum Gasteiger partial charge on any atom is -0.472 e. The van der Waals surface area contributed by atoms with Crippen LogP contribution in [0.2, 0.25) is 0 Å². The predicted molar refractivity (Wildman–Crippen MR) is 50.0 cm³/mol. The molecule has 0 aromatic carbocycles. The Bertz CT molecular complexity index is 350. The van der Waals surface area contributed by atoms with Gasteiger partial charge in [0.1, 0.15) is 11.8 Å². The van der Waals surface area contributed by atoms with Gasteiger partial charge in [0.15, 0.2) is 0 Å². The van der Waals surface area contributed by atoms with Crippen LogP contribution < -0.4 is 15.8 Å². The normalized spacial score (nSPS) is 16.0. The number of hydrogen-bond acceptors (Lipinski definition) is 4. The quantitative estimate of drug-likeness (QED) is 0.680. The maximum Gasteiger partial charge on any atom is 0.267 e. The lowest BCUT2D eigenvalue weighted by molar-refractivity contribution is 0.0990. The number of hydrogen-bond donors (Lipinski definition) is 2. The third-order valence-corrected chi connectivity index (χ3v) is 2.01. The average molecular weight is 193 g/mol. The van der Waals surface area contributed by atoms with E-state index in [1.807, 2.05) is 0 Å². The highest BCUT2D eigenvalue weighted by molar-refractivity contribution is 5.90. The molecule has 2 rings (SSSR count). The molecule has 1 fully saturated rings. The van der Waals surface area contributed by atoms with E-state index in [1.54, 1.807) is 18.2 Å². The predicted octanol–water partition coefficient (Wildman–Crippen LogP) is -0.469. The van der Waals surface area contributed by atoms with Gasteiger partial charge in [-0.2, -0.15) is 0 Å². The number of pyridine rings is 1. The lowest BCUT2D eigenvalue weighted by Gasteiger charge is -2.27. The van der Waals surface area contributed by atoms with Gasteiger partial charge in [-0.3, -0.25) is 4.79 Å². The largest absolute Gasteiger partial charge is 0.472 e. The second-order valence-corrected chi connectivity index (χ2v) is 3.12. The first-order valence-corrected chi connectivity index (χ1v) is 4.40. The molecule has 1 saturated heterocycles. The fraction of sp³-hybridized carbons (Fsp3) is 0.333. The minimum absolute atomic E-state index is 0.158. The summed E-state index contributed by atoms with van der Waals surface area (Å²) in [4.78, 5) is 14.8. The summed E-state index contributed by atoms with van der Waals surface area (Å²) in [7, 11) is 0. The van der Waals surface area contributed by atoms with Crippen LogP contribution in [0.4, 0.5) is 0 Å². The van der Waals surface area contributed by atoms with E-state index in [2.05, 4.69) is 10.3 Å². The standard InChI is InChI=1S/C9H11N3O2/c10-9(13)7-2-1-3-8(12-7)14-6-4-11-5-6/h1-3,6,11H,4-5H2,(H2,10,13). The van der Waals surface area contributed by atoms with E-state index in [1.165, 1.54) is 0 Å². The summed E-state index contributed by atoms with van der Waals surface area (Å²) in [6.45, 7) is 1.64. The van der Waals surface area contributed by atoms with Gasteiger partial charge in [0.05, 0.1) is 0 Å². The Morgan fingerprint density at radius 1 is 1.57 bits per heavy atom. The number of primary amides is 1. The average Bonchev–Trinajstić information content (AvgIpc) is 2.12. The SMILES string of the molecule is NC(=O)c1cccc(OC2CNC2)n1. The molecule has 14 heavy (non-hydrogen) atoms. The van der Waals surface area contributed by atoms with Gasteiger partial charge in [-0.05, 0) is 6.07 Å². The molecule has 0 saturated carbocycles. The molecule has 0 radical (unpaired) electrons. The van der Waals surface area contributed by atoms with Crippen LogP contribution >= 0.6 is 0 Å². The molecule has 1 aromatic rings. The molecular formula is C9H11N3O2. The third-order valence-electron chi connectivity index (χ3n) is 2.01. The zero-order valence-electron chi connectivity index (χ0n) is 7.56. The summed E-state index contributed by atoms with van der Waals surface area (Å²) in [6.07, 6.45) is 0.158. The molecule has 1 aliphatic heterocycles. The summed E-state index contributed by atoms with van der Waals surface area (Å²) >= 11 is 0. The van der Waals surface area contributed by atoms with E-state index in [4.69, 9.17) is 10.5 Å². The molecule has 5 nitrogen and oxygen atoms in total. The van der Waals surface area contributed by atoms with Crippen LogP contribution in [0.15, 0.2) is 18.2 Å². The van der Waals surface area contributed by atoms with Gasteiger partial charge in [0.2, 0.25) is 5.88 Å². The topological polar surface area (TPSA) is 77.2 Å². The second kappa shape index (κ2) is 3.63. The Morgan fingerprint density at radius 2 is 2.36 bits per heavy atom. The number of aromatic nitrogens is 1. The molecule has 0 aliphatic carbocycles. The molecule has 2 heterocycles. The first-order valence-electron chi connectivity index (χ1n) is 4.40. The van der Waals surface area contributed by atoms with Crippen LogP contribution in [-0.2, 0) is 0 Å². The highest BCUT2D eigenvalue weighted by Gasteiger charge is 2.18. The van der Waals surface area contributed by atoms with Crippen molar-refractivity contribution in [2.45, 2.75) is 6.10 Å². The Morgan fingerprint density at radius 3 is 2.93 bits per heavy atom. The molecule has 0 atom stereocenters. The van der Waals surface area contributed by atoms with Crippen molar-refractivity contribution in [3.05, 3.63) is 23.9 Å². The van der Waals surface area contributed by atoms with Gasteiger partial charge < -0.3 is 15.8 Å².